The van der Waals surface area contributed by atoms with E-state index in [0.29, 0.717) is 17.1 Å². The van der Waals surface area contributed by atoms with Crippen molar-refractivity contribution in [3.8, 4) is 11.5 Å². The van der Waals surface area contributed by atoms with Gasteiger partial charge >= 0.3 is 0 Å². The number of amides is 1. The molecule has 3 N–H and O–H groups in total. The molecule has 0 spiro atoms. The van der Waals surface area contributed by atoms with E-state index in [1.807, 2.05) is 0 Å². The van der Waals surface area contributed by atoms with E-state index >= 15 is 0 Å². The lowest BCUT2D eigenvalue weighted by Gasteiger charge is -2.19. The molecule has 2 rings (SSSR count). The Morgan fingerprint density at radius 2 is 1.85 bits per heavy atom. The van der Waals surface area contributed by atoms with Crippen LogP contribution in [0.2, 0.25) is 0 Å². The van der Waals surface area contributed by atoms with E-state index in [9.17, 15) is 4.79 Å². The molecule has 5 nitrogen and oxygen atoms in total. The molecular weight excluding hydrogens is 280 g/mol. The smallest absolute Gasteiger partial charge is 0.259 e. The number of rotatable bonds is 4. The van der Waals surface area contributed by atoms with Crippen LogP contribution in [-0.4, -0.2) is 32.2 Å². The van der Waals surface area contributed by atoms with E-state index < -0.39 is 0 Å². The first-order chi connectivity index (χ1) is 9.17. The molecular formula is C14H21ClN2O3. The molecule has 0 aliphatic heterocycles. The Hall–Kier alpha value is -1.46. The zero-order valence-corrected chi connectivity index (χ0v) is 12.5. The molecule has 2 atom stereocenters. The maximum Gasteiger partial charge on any atom is 0.259 e. The third-order valence-corrected chi connectivity index (χ3v) is 3.54. The largest absolute Gasteiger partial charge is 0.496 e. The van der Waals surface area contributed by atoms with Gasteiger partial charge in [0.1, 0.15) is 17.1 Å². The summed E-state index contributed by atoms with van der Waals surface area (Å²) in [6, 6.07) is 5.33. The lowest BCUT2D eigenvalue weighted by atomic mass is 10.1. The van der Waals surface area contributed by atoms with Gasteiger partial charge in [-0.1, -0.05) is 6.07 Å². The number of nitrogens with two attached hydrogens (primary N) is 1. The number of benzene rings is 1. The summed E-state index contributed by atoms with van der Waals surface area (Å²) in [5.41, 5.74) is 6.39. The number of hydrogen-bond acceptors (Lipinski definition) is 4. The fraction of sp³-hybridized carbons (Fsp3) is 0.500. The first kappa shape index (κ1) is 16.6. The van der Waals surface area contributed by atoms with Gasteiger partial charge in [0.2, 0.25) is 0 Å². The zero-order valence-electron chi connectivity index (χ0n) is 11.7. The Morgan fingerprint density at radius 1 is 1.25 bits per heavy atom. The monoisotopic (exact) mass is 300 g/mol. The van der Waals surface area contributed by atoms with E-state index in [-0.39, 0.29) is 30.4 Å². The molecule has 1 saturated carbocycles. The fourth-order valence-electron chi connectivity index (χ4n) is 2.48. The van der Waals surface area contributed by atoms with E-state index in [1.54, 1.807) is 18.2 Å². The van der Waals surface area contributed by atoms with Crippen LogP contribution in [0.5, 0.6) is 11.5 Å². The molecule has 0 heterocycles. The van der Waals surface area contributed by atoms with Crippen LogP contribution in [0.3, 0.4) is 0 Å². The van der Waals surface area contributed by atoms with Crippen molar-refractivity contribution >= 4 is 18.3 Å². The number of carbonyl (C=O) groups is 1. The standard InChI is InChI=1S/C14H20N2O3.ClH/c1-18-11-7-4-8-12(19-2)13(11)14(17)16-10-6-3-5-9(10)15;/h4,7-10H,3,5-6,15H2,1-2H3,(H,16,17);1H/t9-,10+;/m1./s1. The number of hydrogen-bond donors (Lipinski definition) is 2. The number of halogens is 1. The predicted molar refractivity (Wildman–Crippen MR) is 79.9 cm³/mol. The van der Waals surface area contributed by atoms with Crippen molar-refractivity contribution in [1.29, 1.82) is 0 Å². The molecule has 1 aliphatic rings. The maximum atomic E-state index is 12.4. The van der Waals surface area contributed by atoms with E-state index in [1.165, 1.54) is 14.2 Å². The van der Waals surface area contributed by atoms with Crippen molar-refractivity contribution in [2.75, 3.05) is 14.2 Å². The molecule has 1 aromatic rings. The molecule has 1 aromatic carbocycles. The van der Waals surface area contributed by atoms with Gasteiger partial charge in [-0.3, -0.25) is 4.79 Å². The molecule has 6 heteroatoms. The van der Waals surface area contributed by atoms with Gasteiger partial charge in [-0.2, -0.15) is 0 Å². The summed E-state index contributed by atoms with van der Waals surface area (Å²) in [7, 11) is 3.07. The van der Waals surface area contributed by atoms with E-state index in [4.69, 9.17) is 15.2 Å². The Balaban J connectivity index is 0.00000200. The van der Waals surface area contributed by atoms with Crippen molar-refractivity contribution in [2.24, 2.45) is 5.73 Å². The SMILES string of the molecule is COc1cccc(OC)c1C(=O)N[C@H]1CCC[C@H]1N.Cl. The highest BCUT2D eigenvalue weighted by Gasteiger charge is 2.27. The minimum atomic E-state index is -0.198. The van der Waals surface area contributed by atoms with Crippen molar-refractivity contribution in [1.82, 2.24) is 5.32 Å². The first-order valence-electron chi connectivity index (χ1n) is 6.44. The third kappa shape index (κ3) is 3.35. The average molecular weight is 301 g/mol. The summed E-state index contributed by atoms with van der Waals surface area (Å²) >= 11 is 0. The molecule has 0 aromatic heterocycles. The lowest BCUT2D eigenvalue weighted by molar-refractivity contribution is 0.0928. The predicted octanol–water partition coefficient (Wildman–Crippen LogP) is 1.74. The van der Waals surface area contributed by atoms with Crippen LogP contribution < -0.4 is 20.5 Å². The van der Waals surface area contributed by atoms with Crippen LogP contribution in [0.1, 0.15) is 29.6 Å². The minimum Gasteiger partial charge on any atom is -0.496 e. The van der Waals surface area contributed by atoms with Crippen LogP contribution in [0.15, 0.2) is 18.2 Å². The van der Waals surface area contributed by atoms with Crippen LogP contribution in [-0.2, 0) is 0 Å². The molecule has 0 bridgehead atoms. The third-order valence-electron chi connectivity index (χ3n) is 3.54. The van der Waals surface area contributed by atoms with Crippen molar-refractivity contribution in [3.63, 3.8) is 0 Å². The summed E-state index contributed by atoms with van der Waals surface area (Å²) in [4.78, 5) is 12.4. The number of methoxy groups -OCH3 is 2. The molecule has 112 valence electrons. The van der Waals surface area contributed by atoms with Gasteiger partial charge in [-0.05, 0) is 31.4 Å². The molecule has 0 unspecified atom stereocenters. The maximum absolute atomic E-state index is 12.4. The first-order valence-corrected chi connectivity index (χ1v) is 6.44. The Bertz CT molecular complexity index is 445. The molecule has 0 saturated heterocycles. The second kappa shape index (κ2) is 7.36. The second-order valence-corrected chi connectivity index (χ2v) is 4.71. The van der Waals surface area contributed by atoms with Gasteiger partial charge in [-0.25, -0.2) is 0 Å². The van der Waals surface area contributed by atoms with Crippen LogP contribution in [0, 0.1) is 0 Å². The van der Waals surface area contributed by atoms with Crippen LogP contribution in [0.4, 0.5) is 0 Å². The Morgan fingerprint density at radius 3 is 2.30 bits per heavy atom. The summed E-state index contributed by atoms with van der Waals surface area (Å²) in [6.45, 7) is 0. The van der Waals surface area contributed by atoms with Crippen LogP contribution >= 0.6 is 12.4 Å². The number of carbonyl (C=O) groups excluding carboxylic acids is 1. The van der Waals surface area contributed by atoms with Gasteiger partial charge in [0.15, 0.2) is 0 Å². The summed E-state index contributed by atoms with van der Waals surface area (Å²) < 4.78 is 10.5. The summed E-state index contributed by atoms with van der Waals surface area (Å²) in [5.74, 6) is 0.809. The molecule has 20 heavy (non-hydrogen) atoms. The highest BCUT2D eigenvalue weighted by Crippen LogP contribution is 2.28. The van der Waals surface area contributed by atoms with Gasteiger partial charge in [0.25, 0.3) is 5.91 Å². The zero-order chi connectivity index (χ0) is 13.8. The van der Waals surface area contributed by atoms with Crippen molar-refractivity contribution in [2.45, 2.75) is 31.3 Å². The van der Waals surface area contributed by atoms with Crippen molar-refractivity contribution < 1.29 is 14.3 Å². The Kier molecular flexibility index (Phi) is 6.10. The summed E-state index contributed by atoms with van der Waals surface area (Å²) in [6.07, 6.45) is 2.92. The van der Waals surface area contributed by atoms with Crippen molar-refractivity contribution in [3.05, 3.63) is 23.8 Å². The van der Waals surface area contributed by atoms with Gasteiger partial charge in [-0.15, -0.1) is 12.4 Å². The second-order valence-electron chi connectivity index (χ2n) is 4.71. The van der Waals surface area contributed by atoms with E-state index in [2.05, 4.69) is 5.32 Å². The summed E-state index contributed by atoms with van der Waals surface area (Å²) in [5, 5.41) is 2.97. The topological polar surface area (TPSA) is 73.6 Å². The van der Waals surface area contributed by atoms with Gasteiger partial charge in [0.05, 0.1) is 14.2 Å². The Labute approximate surface area is 125 Å². The van der Waals surface area contributed by atoms with Gasteiger partial charge < -0.3 is 20.5 Å². The quantitative estimate of drug-likeness (QED) is 0.888. The molecule has 1 aliphatic carbocycles. The fourth-order valence-corrected chi connectivity index (χ4v) is 2.48. The average Bonchev–Trinajstić information content (AvgIpc) is 2.83. The minimum absolute atomic E-state index is 0. The molecule has 0 radical (unpaired) electrons. The molecule has 1 fully saturated rings. The highest BCUT2D eigenvalue weighted by atomic mass is 35.5. The number of nitrogens with one attached hydrogen (secondary N) is 1. The normalized spacial score (nSPS) is 20.9. The van der Waals surface area contributed by atoms with Gasteiger partial charge in [0, 0.05) is 12.1 Å². The lowest BCUT2D eigenvalue weighted by Crippen LogP contribution is -2.44. The number of ether oxygens (including phenoxy) is 2. The molecule has 1 amide bonds. The van der Waals surface area contributed by atoms with E-state index in [0.717, 1.165) is 19.3 Å². The van der Waals surface area contributed by atoms with Crippen LogP contribution in [0.25, 0.3) is 0 Å². The highest BCUT2D eigenvalue weighted by molar-refractivity contribution is 6.00.